The summed E-state index contributed by atoms with van der Waals surface area (Å²) in [6.07, 6.45) is 0. The second-order valence-electron chi connectivity index (χ2n) is 17.4. The second-order valence-corrected chi connectivity index (χ2v) is 17.4. The van der Waals surface area contributed by atoms with Gasteiger partial charge < -0.3 is 73.3 Å². The number of ether oxygens (including phenoxy) is 2. The third-order valence-corrected chi connectivity index (χ3v) is 12.7. The molecule has 3 aliphatic rings. The van der Waals surface area contributed by atoms with Crippen LogP contribution in [0.25, 0.3) is 0 Å². The van der Waals surface area contributed by atoms with Gasteiger partial charge in [-0.3, -0.25) is 0 Å². The number of methoxy groups -OCH3 is 2. The molecule has 5 aromatic carbocycles. The van der Waals surface area contributed by atoms with Gasteiger partial charge in [-0.1, -0.05) is 18.2 Å². The molecule has 0 atom stereocenters. The molecular weight excluding hydrogens is 909 g/mol. The molecule has 20 nitrogen and oxygen atoms in total. The Balaban J connectivity index is 1.40. The fourth-order valence-corrected chi connectivity index (χ4v) is 8.83. The molecule has 3 heterocycles. The van der Waals surface area contributed by atoms with Gasteiger partial charge in [0.2, 0.25) is 0 Å². The summed E-state index contributed by atoms with van der Waals surface area (Å²) in [6.45, 7) is 12.7. The van der Waals surface area contributed by atoms with E-state index in [4.69, 9.17) is 9.47 Å². The van der Waals surface area contributed by atoms with E-state index in [0.29, 0.717) is 101 Å². The molecule has 5 aromatic rings. The van der Waals surface area contributed by atoms with Crippen LogP contribution in [-0.2, 0) is 39.3 Å². The van der Waals surface area contributed by atoms with Gasteiger partial charge in [-0.05, 0) is 135 Å². The van der Waals surface area contributed by atoms with Crippen molar-refractivity contribution in [1.29, 1.82) is 0 Å². The molecule has 0 unspecified atom stereocenters. The molecule has 12 amide bonds. The number of benzene rings is 5. The van der Waals surface area contributed by atoms with Gasteiger partial charge >= 0.3 is 36.2 Å². The van der Waals surface area contributed by atoms with E-state index in [9.17, 15) is 28.8 Å². The number of nitrogens with one attached hydrogen (secondary N) is 12. The van der Waals surface area contributed by atoms with Gasteiger partial charge in [0.25, 0.3) is 0 Å². The van der Waals surface area contributed by atoms with Crippen molar-refractivity contribution in [2.45, 2.75) is 87.7 Å². The highest BCUT2D eigenvalue weighted by molar-refractivity contribution is 6.01. The van der Waals surface area contributed by atoms with E-state index in [0.717, 1.165) is 16.7 Å². The molecule has 0 aromatic heterocycles. The van der Waals surface area contributed by atoms with Crippen LogP contribution in [0.1, 0.15) is 72.3 Å². The van der Waals surface area contributed by atoms with Crippen molar-refractivity contribution in [3.63, 3.8) is 0 Å². The molecule has 8 rings (SSSR count). The van der Waals surface area contributed by atoms with Crippen molar-refractivity contribution in [3.8, 4) is 11.5 Å². The first-order chi connectivity index (χ1) is 33.9. The third-order valence-electron chi connectivity index (χ3n) is 12.7. The normalized spacial score (nSPS) is 14.9. The van der Waals surface area contributed by atoms with E-state index in [-0.39, 0.29) is 39.3 Å². The molecular formula is C51H60N12O8. The van der Waals surface area contributed by atoms with Crippen LogP contribution < -0.4 is 73.3 Å². The van der Waals surface area contributed by atoms with Crippen LogP contribution in [-0.4, -0.2) is 50.4 Å². The minimum absolute atomic E-state index is 0.00621. The van der Waals surface area contributed by atoms with Gasteiger partial charge in [-0.25, -0.2) is 28.8 Å². The molecule has 0 saturated heterocycles. The van der Waals surface area contributed by atoms with Crippen LogP contribution in [0, 0.1) is 48.5 Å². The number of anilines is 6. The van der Waals surface area contributed by atoms with Gasteiger partial charge in [0.05, 0.1) is 48.3 Å². The fourth-order valence-electron chi connectivity index (χ4n) is 8.83. The lowest BCUT2D eigenvalue weighted by molar-refractivity contribution is 0.250. The number of carbonyl (C=O) groups is 6. The number of hydrogen-bond acceptors (Lipinski definition) is 8. The summed E-state index contributed by atoms with van der Waals surface area (Å²) in [4.78, 5) is 82.8. The minimum atomic E-state index is -0.593. The third kappa shape index (κ3) is 11.6. The molecule has 71 heavy (non-hydrogen) atoms. The monoisotopic (exact) mass is 968 g/mol. The average Bonchev–Trinajstić information content (AvgIpc) is 3.31. The molecule has 6 bridgehead atoms. The van der Waals surface area contributed by atoms with E-state index < -0.39 is 36.2 Å². The van der Waals surface area contributed by atoms with E-state index >= 15 is 0 Å². The Kier molecular flexibility index (Phi) is 15.4. The van der Waals surface area contributed by atoms with Crippen molar-refractivity contribution in [2.24, 2.45) is 0 Å². The zero-order chi connectivity index (χ0) is 51.1. The first kappa shape index (κ1) is 50.2. The summed E-state index contributed by atoms with van der Waals surface area (Å²) in [5.74, 6) is 0.778. The van der Waals surface area contributed by atoms with Gasteiger partial charge in [0.1, 0.15) is 11.5 Å². The number of aryl methyl sites for hydroxylation is 3. The average molecular weight is 969 g/mol. The number of carbonyl (C=O) groups excluding carboxylic acids is 6. The summed E-state index contributed by atoms with van der Waals surface area (Å²) >= 11 is 0. The summed E-state index contributed by atoms with van der Waals surface area (Å²) in [7, 11) is 2.97. The van der Waals surface area contributed by atoms with E-state index in [1.165, 1.54) is 14.2 Å². The Morgan fingerprint density at radius 1 is 0.310 bits per heavy atom. The molecule has 12 N–H and O–H groups in total. The van der Waals surface area contributed by atoms with Gasteiger partial charge in [-0.2, -0.15) is 0 Å². The smallest absolute Gasteiger partial charge is 0.319 e. The molecule has 0 saturated carbocycles. The highest BCUT2D eigenvalue weighted by atomic mass is 16.5. The van der Waals surface area contributed by atoms with Gasteiger partial charge in [0.15, 0.2) is 0 Å². The molecule has 20 heteroatoms. The quantitative estimate of drug-likeness (QED) is 0.0815. The van der Waals surface area contributed by atoms with Crippen molar-refractivity contribution in [1.82, 2.24) is 31.9 Å². The standard InChI is InChI=1S/C51H60N12O8/c1-25-10-13-38-41(16-25)61-49(67)53-20-33-30(6)36-23-56-50(68)62-42-17-26(2)11-14-39(42)59-47(65)54-21-34-28(4)32(19-52-46(64)58-38)29(5)35(44(34)70-8)22-55-48(66)60-40-15-12-27(3)18-43(40)63-51(69)57-24-37(31(33)7)45(36)71-9/h10-18H,19-24H2,1-9H3,(H2,52,58,64)(H2,53,61,67)(H2,54,59,65)(H2,55,60,66)(H2,56,62,68)(H2,57,63,69). The molecule has 0 fully saturated rings. The number of urea groups is 6. The Hall–Kier alpha value is -8.68. The Morgan fingerprint density at radius 3 is 0.746 bits per heavy atom. The van der Waals surface area contributed by atoms with Crippen LogP contribution in [0.15, 0.2) is 54.6 Å². The number of hydrogen-bond donors (Lipinski definition) is 12. The van der Waals surface area contributed by atoms with Gasteiger partial charge in [0, 0.05) is 61.5 Å². The maximum Gasteiger partial charge on any atom is 0.319 e. The zero-order valence-electron chi connectivity index (χ0n) is 41.2. The topological polar surface area (TPSA) is 265 Å². The maximum absolute atomic E-state index is 13.8. The fraction of sp³-hybridized carbons (Fsp3) is 0.294. The van der Waals surface area contributed by atoms with Crippen LogP contribution in [0.3, 0.4) is 0 Å². The van der Waals surface area contributed by atoms with Crippen LogP contribution >= 0.6 is 0 Å². The lowest BCUT2D eigenvalue weighted by Gasteiger charge is -2.25. The van der Waals surface area contributed by atoms with E-state index in [2.05, 4.69) is 63.8 Å². The van der Waals surface area contributed by atoms with E-state index in [1.807, 2.05) is 48.5 Å². The predicted octanol–water partition coefficient (Wildman–Crippen LogP) is 8.42. The molecule has 372 valence electrons. The minimum Gasteiger partial charge on any atom is -0.496 e. The molecule has 3 aliphatic heterocycles. The van der Waals surface area contributed by atoms with Crippen molar-refractivity contribution >= 4 is 70.3 Å². The second kappa shape index (κ2) is 21.7. The van der Waals surface area contributed by atoms with E-state index in [1.54, 1.807) is 54.6 Å². The summed E-state index contributed by atoms with van der Waals surface area (Å²) in [6, 6.07) is 12.1. The van der Waals surface area contributed by atoms with Crippen LogP contribution in [0.5, 0.6) is 11.5 Å². The zero-order valence-corrected chi connectivity index (χ0v) is 41.2. The number of amides is 12. The molecule has 0 aliphatic carbocycles. The van der Waals surface area contributed by atoms with Crippen LogP contribution in [0.2, 0.25) is 0 Å². The summed E-state index contributed by atoms with van der Waals surface area (Å²) in [5.41, 5.74) is 10.7. The Bertz CT molecular complexity index is 2830. The summed E-state index contributed by atoms with van der Waals surface area (Å²) in [5, 5.41) is 34.8. The highest BCUT2D eigenvalue weighted by Gasteiger charge is 2.25. The molecule has 0 radical (unpaired) electrons. The van der Waals surface area contributed by atoms with Crippen molar-refractivity contribution < 1.29 is 38.2 Å². The Morgan fingerprint density at radius 2 is 0.521 bits per heavy atom. The van der Waals surface area contributed by atoms with Crippen molar-refractivity contribution in [2.75, 3.05) is 46.1 Å². The number of fused-ring (bicyclic) bond motifs is 18. The largest absolute Gasteiger partial charge is 0.496 e. The first-order valence-electron chi connectivity index (χ1n) is 22.9. The highest BCUT2D eigenvalue weighted by Crippen LogP contribution is 2.36. The van der Waals surface area contributed by atoms with Gasteiger partial charge in [-0.15, -0.1) is 0 Å². The first-order valence-corrected chi connectivity index (χ1v) is 22.9. The van der Waals surface area contributed by atoms with Crippen LogP contribution in [0.4, 0.5) is 62.9 Å². The lowest BCUT2D eigenvalue weighted by Crippen LogP contribution is -2.34. The maximum atomic E-state index is 13.8. The SMILES string of the molecule is COc1c2c(C)c3c(C)c1CNC(=O)Nc1ccc(C)cc1NC(=O)NCc1c(C)c(c(C)c(c1OC)CNC(=O)Nc1cc(C)ccc1NC(=O)NC2)CNC(=O)Nc1cc(C)ccc1NC(=O)NC3. The number of rotatable bonds is 2. The summed E-state index contributed by atoms with van der Waals surface area (Å²) < 4.78 is 12.1. The Labute approximate surface area is 411 Å². The lowest BCUT2D eigenvalue weighted by atomic mass is 9.91. The van der Waals surface area contributed by atoms with Crippen molar-refractivity contribution in [3.05, 3.63) is 127 Å². The molecule has 0 spiro atoms. The predicted molar refractivity (Wildman–Crippen MR) is 274 cm³/mol.